The third-order valence-corrected chi connectivity index (χ3v) is 14.5. The summed E-state index contributed by atoms with van der Waals surface area (Å²) in [6.07, 6.45) is 8.00. The number of benzene rings is 4. The molecule has 0 aliphatic rings. The Kier molecular flexibility index (Phi) is 25.6. The summed E-state index contributed by atoms with van der Waals surface area (Å²) in [5.74, 6) is -8.26. The Morgan fingerprint density at radius 1 is 0.561 bits per heavy atom. The summed E-state index contributed by atoms with van der Waals surface area (Å²) in [5, 5.41) is 30.5. The van der Waals surface area contributed by atoms with E-state index in [1.54, 1.807) is 118 Å². The summed E-state index contributed by atoms with van der Waals surface area (Å²) in [7, 11) is 1.54. The molecule has 0 saturated carbocycles. The summed E-state index contributed by atoms with van der Waals surface area (Å²) in [6.45, 7) is 14.4. The van der Waals surface area contributed by atoms with Gasteiger partial charge in [0.2, 0.25) is 17.3 Å². The maximum absolute atomic E-state index is 15.0. The summed E-state index contributed by atoms with van der Waals surface area (Å²) in [4.78, 5) is 130. The zero-order chi connectivity index (χ0) is 72.0. The van der Waals surface area contributed by atoms with Crippen LogP contribution in [0.5, 0.6) is 5.75 Å². The molecule has 0 unspecified atom stereocenters. The quantitative estimate of drug-likeness (QED) is 0.0214. The van der Waals surface area contributed by atoms with Crippen LogP contribution < -0.4 is 49.5 Å². The van der Waals surface area contributed by atoms with Gasteiger partial charge in [-0.2, -0.15) is 24.6 Å². The molecule has 0 fully saturated rings. The molecule has 4 aromatic carbocycles. The minimum Gasteiger partial charge on any atom is -0.497 e. The Morgan fingerprint density at radius 2 is 0.949 bits per heavy atom. The molecule has 504 valence electrons. The van der Waals surface area contributed by atoms with Gasteiger partial charge in [-0.1, -0.05) is 61.1 Å². The minimum atomic E-state index is -1.45. The lowest BCUT2D eigenvalue weighted by atomic mass is 9.95. The maximum Gasteiger partial charge on any atom is 0.329 e. The van der Waals surface area contributed by atoms with E-state index >= 15 is 4.39 Å². The van der Waals surface area contributed by atoms with Gasteiger partial charge in [0.1, 0.15) is 28.8 Å². The minimum absolute atomic E-state index is 0. The van der Waals surface area contributed by atoms with E-state index < -0.39 is 99.6 Å². The zero-order valence-electron chi connectivity index (χ0n) is 54.0. The van der Waals surface area contributed by atoms with Gasteiger partial charge in [-0.15, -0.1) is 12.8 Å². The number of ketones is 3. The van der Waals surface area contributed by atoms with Gasteiger partial charge in [0.25, 0.3) is 28.6 Å². The van der Waals surface area contributed by atoms with Crippen molar-refractivity contribution >= 4 is 29.0 Å². The Hall–Kier alpha value is -12.6. The molecule has 0 aliphatic heterocycles. The van der Waals surface area contributed by atoms with Crippen LogP contribution in [0.25, 0.3) is 0 Å². The first kappa shape index (κ1) is 76.1. The number of halogens is 4. The fourth-order valence-electron chi connectivity index (χ4n) is 10.3. The molecule has 5 aromatic heterocycles. The average Bonchev–Trinajstić information content (AvgIpc) is 0.774. The monoisotopic (exact) mass is 1340 g/mol. The fourth-order valence-corrected chi connectivity index (χ4v) is 10.3. The Labute approximate surface area is 558 Å². The van der Waals surface area contributed by atoms with Crippen LogP contribution in [-0.4, -0.2) is 63.5 Å². The number of pyridine rings is 2. The van der Waals surface area contributed by atoms with Crippen molar-refractivity contribution in [2.24, 2.45) is 0 Å². The molecule has 0 saturated heterocycles. The zero-order valence-corrected chi connectivity index (χ0v) is 54.0. The highest BCUT2D eigenvalue weighted by Crippen LogP contribution is 2.26. The number of nitrogens with one attached hydrogen (secondary N) is 5. The van der Waals surface area contributed by atoms with E-state index in [-0.39, 0.29) is 104 Å². The van der Waals surface area contributed by atoms with E-state index in [1.165, 1.54) is 36.4 Å². The number of methoxy groups -OCH3 is 1. The number of nitrogens with zero attached hydrogens (tertiary/aromatic N) is 7. The smallest absolute Gasteiger partial charge is 0.329 e. The van der Waals surface area contributed by atoms with Gasteiger partial charge in [-0.05, 0) is 140 Å². The highest BCUT2D eigenvalue weighted by atomic mass is 19.2. The number of carbonyl (C=O) groups excluding carboxylic acids is 3. The van der Waals surface area contributed by atoms with Crippen molar-refractivity contribution < 1.29 is 36.7 Å². The predicted octanol–water partition coefficient (Wildman–Crippen LogP) is 9.27. The van der Waals surface area contributed by atoms with E-state index in [2.05, 4.69) is 48.1 Å². The molecule has 9 aromatic rings. The first-order valence-corrected chi connectivity index (χ1v) is 29.3. The molecule has 0 aliphatic carbocycles. The van der Waals surface area contributed by atoms with E-state index in [1.807, 2.05) is 18.2 Å². The number of terminal acetylenes is 1. The number of hydrogen-bond acceptors (Lipinski definition) is 17. The second kappa shape index (κ2) is 33.0. The van der Waals surface area contributed by atoms with Gasteiger partial charge in [-0.3, -0.25) is 52.9 Å². The highest BCUT2D eigenvalue weighted by Gasteiger charge is 2.29. The summed E-state index contributed by atoms with van der Waals surface area (Å²) >= 11 is 0. The van der Waals surface area contributed by atoms with Crippen molar-refractivity contribution in [3.05, 3.63) is 278 Å². The van der Waals surface area contributed by atoms with E-state index in [0.717, 1.165) is 26.3 Å². The first-order chi connectivity index (χ1) is 45.9. The third-order valence-electron chi connectivity index (χ3n) is 14.5. The van der Waals surface area contributed by atoms with Crippen molar-refractivity contribution in [1.82, 2.24) is 39.0 Å². The number of rotatable bonds is 17. The molecule has 0 bridgehead atoms. The van der Waals surface area contributed by atoms with Gasteiger partial charge in [0.15, 0.2) is 11.6 Å². The largest absolute Gasteiger partial charge is 0.497 e. The third kappa shape index (κ3) is 17.8. The van der Waals surface area contributed by atoms with Crippen molar-refractivity contribution in [1.29, 1.82) is 15.8 Å². The lowest BCUT2D eigenvalue weighted by Crippen LogP contribution is -2.38. The van der Waals surface area contributed by atoms with Gasteiger partial charge in [-0.25, -0.2) is 33.1 Å². The topological polar surface area (TPSA) is 371 Å². The number of carbonyl (C=O) groups is 3. The van der Waals surface area contributed by atoms with Crippen molar-refractivity contribution in [2.45, 2.75) is 107 Å². The molecule has 5 heterocycles. The predicted molar refractivity (Wildman–Crippen MR) is 358 cm³/mol. The molecule has 0 radical (unpaired) electrons. The van der Waals surface area contributed by atoms with Crippen LogP contribution in [-0.2, 0) is 19.6 Å². The number of aromatic nitrogens is 8. The molecule has 0 amide bonds. The maximum atomic E-state index is 15.0. The van der Waals surface area contributed by atoms with Gasteiger partial charge in [0.05, 0.1) is 60.8 Å². The number of hydrogen-bond donors (Lipinski definition) is 6. The number of nitriles is 3. The van der Waals surface area contributed by atoms with Crippen LogP contribution in [0.3, 0.4) is 0 Å². The molecule has 0 spiro atoms. The van der Waals surface area contributed by atoms with Gasteiger partial charge < -0.3 is 20.8 Å². The van der Waals surface area contributed by atoms with Crippen LogP contribution in [0, 0.1) is 91.1 Å². The lowest BCUT2D eigenvalue weighted by Gasteiger charge is -2.18. The molecule has 98 heavy (non-hydrogen) atoms. The number of aromatic amines is 4. The number of ether oxygens (including phenoxy) is 1. The molecule has 0 atom stereocenters. The average molecular weight is 1340 g/mol. The molecule has 23 nitrogen and oxygen atoms in total. The molecular formula is C71H67F4N13O10. The summed E-state index contributed by atoms with van der Waals surface area (Å²) in [6, 6.07) is 28.9. The van der Waals surface area contributed by atoms with E-state index in [9.17, 15) is 66.8 Å². The Balaban J connectivity index is 0.000000272. The Bertz CT molecular complexity index is 5120. The van der Waals surface area contributed by atoms with Crippen LogP contribution >= 0.6 is 0 Å². The Morgan fingerprint density at radius 3 is 1.35 bits per heavy atom. The second-order valence-corrected chi connectivity index (χ2v) is 22.7. The first-order valence-electron chi connectivity index (χ1n) is 29.3. The molecule has 7 N–H and O–H groups in total. The fraction of sp³-hybridized carbons (Fsp3) is 0.239. The molecule has 27 heteroatoms. The normalized spacial score (nSPS) is 10.5. The van der Waals surface area contributed by atoms with E-state index in [4.69, 9.17) is 15.7 Å². The number of nitrogen functional groups attached to an aromatic ring is 1. The van der Waals surface area contributed by atoms with Crippen LogP contribution in [0.15, 0.2) is 120 Å². The van der Waals surface area contributed by atoms with Crippen molar-refractivity contribution in [3.8, 4) is 36.8 Å². The number of nitrogens with two attached hydrogens (primary N) is 1. The van der Waals surface area contributed by atoms with Gasteiger partial charge in [0, 0.05) is 51.1 Å². The summed E-state index contributed by atoms with van der Waals surface area (Å²) in [5.41, 5.74) is 3.76. The van der Waals surface area contributed by atoms with Crippen LogP contribution in [0.2, 0.25) is 0 Å². The van der Waals surface area contributed by atoms with Crippen LogP contribution in [0.1, 0.15) is 182 Å². The van der Waals surface area contributed by atoms with Crippen LogP contribution in [0.4, 0.5) is 29.2 Å². The molecule has 9 rings (SSSR count). The van der Waals surface area contributed by atoms with Crippen molar-refractivity contribution in [2.75, 3.05) is 18.2 Å². The lowest BCUT2D eigenvalue weighted by molar-refractivity contribution is 0.101. The SMILES string of the molecule is C.C#C.COc1ccc(CNc2cc(Cn3c(C(=O)c4cc(C)cc(C#N)c4)c(C(C)C)c(=O)[nH]c3=O)c(F)c(F)n2)cc1.Cc1cc(C#N)cc(C(=O)c2[nH]c(=O)[nH]c(=O)c2C(C)C)c1.Cc1cc(C#N)cc(C(=O)c2c(C(C)C)c(=O)[nH]c(=O)n2Cc2cc(N)nc(F)c2F)c1. The standard InChI is InChI=1S/C30H27F2N5O4.C22H19F2N5O3.C16H15N3O3.C2H2.CH4/c1-16(2)24-26(27(38)20-10-17(3)9-19(11-20)13-33)37(30(40)36-29(24)39)15-21-12-23(35-28(32)25(21)31)34-14-18-5-7-22(41-4)8-6-18;1-10(2)16-18(19(30)13-5-11(3)4-12(6-13)8-25)29(22(32)28-21(16)31)9-14-7-15(26)27-20(24)17(14)23;1-8(2)12-13(18-16(22)19-15(12)21)14(20)11-5-9(3)4-10(6-11)7-17;1-2;/h5-12,16H,14-15H2,1-4H3,(H,34,35)(H,36,39,40);4-7,10H,9H2,1-3H3,(H2,26,27)(H,28,31,32);4-6,8H,1-3H3,(H2,18,19,21,22);1-2H;1H4. The van der Waals surface area contributed by atoms with E-state index in [0.29, 0.717) is 22.4 Å². The number of H-pyrrole nitrogens is 4. The van der Waals surface area contributed by atoms with Gasteiger partial charge >= 0.3 is 17.1 Å². The highest BCUT2D eigenvalue weighted by molar-refractivity contribution is 6.10. The second-order valence-electron chi connectivity index (χ2n) is 22.7. The summed E-state index contributed by atoms with van der Waals surface area (Å²) < 4.78 is 64.6. The number of aryl methyl sites for hydroxylation is 3. The molecular weight excluding hydrogens is 1270 g/mol. The van der Waals surface area contributed by atoms with Crippen molar-refractivity contribution in [3.63, 3.8) is 0 Å². The number of anilines is 2.